The van der Waals surface area contributed by atoms with Gasteiger partial charge in [0.05, 0.1) is 11.4 Å². The second kappa shape index (κ2) is 10.9. The van der Waals surface area contributed by atoms with E-state index in [0.717, 1.165) is 50.2 Å². The number of anilines is 1. The molecule has 0 spiro atoms. The highest BCUT2D eigenvalue weighted by Gasteiger charge is 2.21. The Morgan fingerprint density at radius 3 is 1.79 bits per heavy atom. The van der Waals surface area contributed by atoms with Gasteiger partial charge in [0, 0.05) is 41.5 Å². The summed E-state index contributed by atoms with van der Waals surface area (Å²) in [5, 5.41) is 13.7. The molecule has 0 aliphatic heterocycles. The Morgan fingerprint density at radius 1 is 0.564 bits per heavy atom. The minimum atomic E-state index is 0.337. The van der Waals surface area contributed by atoms with Crippen molar-refractivity contribution in [2.24, 2.45) is 5.10 Å². The van der Waals surface area contributed by atoms with E-state index in [9.17, 15) is 0 Å². The third-order valence-corrected chi connectivity index (χ3v) is 6.54. The van der Waals surface area contributed by atoms with Crippen LogP contribution in [-0.2, 0) is 0 Å². The molecule has 186 valence electrons. The van der Waals surface area contributed by atoms with Crippen molar-refractivity contribution in [2.75, 3.05) is 5.43 Å². The summed E-state index contributed by atoms with van der Waals surface area (Å²) in [7, 11) is 0. The Balaban J connectivity index is 1.44. The zero-order valence-corrected chi connectivity index (χ0v) is 21.1. The highest BCUT2D eigenvalue weighted by atomic mass is 15.3. The molecule has 5 aromatic rings. The summed E-state index contributed by atoms with van der Waals surface area (Å²) in [6.07, 6.45) is 11.3. The Labute approximate surface area is 227 Å². The van der Waals surface area contributed by atoms with Crippen LogP contribution in [-0.4, -0.2) is 21.4 Å². The topological polar surface area (TPSA) is 74.0 Å². The summed E-state index contributed by atoms with van der Waals surface area (Å²) in [6, 6.07) is 34.4. The molecule has 2 N–H and O–H groups in total. The molecule has 0 saturated heterocycles. The molecule has 1 aliphatic carbocycles. The van der Waals surface area contributed by atoms with Crippen LogP contribution in [0.25, 0.3) is 33.4 Å². The van der Waals surface area contributed by atoms with Crippen molar-refractivity contribution in [3.63, 3.8) is 0 Å². The van der Waals surface area contributed by atoms with E-state index in [1.807, 2.05) is 79.1 Å². The number of para-hydroxylation sites is 1. The number of aromatic nitrogens is 2. The Morgan fingerprint density at radius 2 is 1.15 bits per heavy atom. The molecule has 0 fully saturated rings. The number of rotatable bonds is 6. The van der Waals surface area contributed by atoms with E-state index in [1.165, 1.54) is 0 Å². The van der Waals surface area contributed by atoms with Gasteiger partial charge in [-0.15, -0.1) is 0 Å². The number of nitrogens with one attached hydrogen (secondary N) is 2. The fraction of sp³-hybridized carbons (Fsp3) is 0. The lowest BCUT2D eigenvalue weighted by Crippen LogP contribution is -2.19. The quantitative estimate of drug-likeness (QED) is 0.184. The summed E-state index contributed by atoms with van der Waals surface area (Å²) in [5.74, 6) is 0. The predicted molar refractivity (Wildman–Crippen MR) is 161 cm³/mol. The summed E-state index contributed by atoms with van der Waals surface area (Å²) >= 11 is 0. The average molecular weight is 504 g/mol. The maximum Gasteiger partial charge on any atom is 0.116 e. The molecule has 0 amide bonds. The van der Waals surface area contributed by atoms with E-state index in [1.54, 1.807) is 12.4 Å². The largest absolute Gasteiger partial charge is 0.299 e. The highest BCUT2D eigenvalue weighted by Crippen LogP contribution is 2.32. The molecular formula is C34H25N5. The van der Waals surface area contributed by atoms with Gasteiger partial charge in [0.15, 0.2) is 0 Å². The van der Waals surface area contributed by atoms with Gasteiger partial charge in [-0.3, -0.25) is 20.8 Å². The normalized spacial score (nSPS) is 14.1. The van der Waals surface area contributed by atoms with Gasteiger partial charge in [-0.25, -0.2) is 0 Å². The number of nitrogens with zero attached hydrogens (tertiary/aromatic N) is 3. The van der Waals surface area contributed by atoms with Gasteiger partial charge >= 0.3 is 0 Å². The smallest absolute Gasteiger partial charge is 0.116 e. The van der Waals surface area contributed by atoms with E-state index in [2.05, 4.69) is 63.9 Å². The average Bonchev–Trinajstić information content (AvgIpc) is 3.01. The molecule has 3 aromatic carbocycles. The molecular weight excluding hydrogens is 478 g/mol. The summed E-state index contributed by atoms with van der Waals surface area (Å²) < 4.78 is 0. The number of allylic oxidation sites excluding steroid dienone is 4. The number of hydrogen-bond donors (Lipinski definition) is 2. The zero-order chi connectivity index (χ0) is 26.4. The lowest BCUT2D eigenvalue weighted by Gasteiger charge is -2.19. The SMILES string of the molecule is N=C1C=C(c2cccc(-c3cccnc3)c2)C=C(c2cccc(-c3cccnc3)c2)/C1=N/Nc1ccccc1. The molecule has 2 aromatic heterocycles. The van der Waals surface area contributed by atoms with Gasteiger partial charge in [0.1, 0.15) is 5.71 Å². The molecule has 1 aliphatic rings. The van der Waals surface area contributed by atoms with Gasteiger partial charge < -0.3 is 0 Å². The first-order valence-electron chi connectivity index (χ1n) is 12.7. The lowest BCUT2D eigenvalue weighted by atomic mass is 9.86. The standard InChI is InChI=1S/C34H25N5/c35-33-21-30(26-10-4-8-24(18-26)28-12-6-16-36-22-28)20-32(34(33)39-38-31-14-2-1-3-15-31)27-11-5-9-25(19-27)29-13-7-17-37-23-29/h1-23,35,38H/b35-33?,39-34-. The first-order valence-corrected chi connectivity index (χ1v) is 12.7. The van der Waals surface area contributed by atoms with Crippen LogP contribution < -0.4 is 5.43 Å². The van der Waals surface area contributed by atoms with Crippen LogP contribution in [0.1, 0.15) is 11.1 Å². The predicted octanol–water partition coefficient (Wildman–Crippen LogP) is 7.78. The van der Waals surface area contributed by atoms with Crippen molar-refractivity contribution in [1.29, 1.82) is 5.41 Å². The second-order valence-corrected chi connectivity index (χ2v) is 9.15. The van der Waals surface area contributed by atoms with E-state index in [0.29, 0.717) is 11.4 Å². The molecule has 0 saturated carbocycles. The fourth-order valence-corrected chi connectivity index (χ4v) is 4.59. The monoisotopic (exact) mass is 503 g/mol. The van der Waals surface area contributed by atoms with Crippen LogP contribution in [0.3, 0.4) is 0 Å². The van der Waals surface area contributed by atoms with Gasteiger partial charge in [-0.2, -0.15) is 5.10 Å². The van der Waals surface area contributed by atoms with E-state index >= 15 is 0 Å². The van der Waals surface area contributed by atoms with Crippen LogP contribution in [0.5, 0.6) is 0 Å². The Kier molecular flexibility index (Phi) is 6.70. The Hall–Kier alpha value is -5.42. The maximum atomic E-state index is 9.00. The van der Waals surface area contributed by atoms with Crippen LogP contribution in [0.15, 0.2) is 145 Å². The zero-order valence-electron chi connectivity index (χ0n) is 21.1. The van der Waals surface area contributed by atoms with Crippen LogP contribution in [0, 0.1) is 5.41 Å². The van der Waals surface area contributed by atoms with Crippen LogP contribution >= 0.6 is 0 Å². The van der Waals surface area contributed by atoms with Crippen LogP contribution in [0.4, 0.5) is 5.69 Å². The van der Waals surface area contributed by atoms with E-state index < -0.39 is 0 Å². The maximum absolute atomic E-state index is 9.00. The van der Waals surface area contributed by atoms with Crippen molar-refractivity contribution >= 4 is 28.3 Å². The fourth-order valence-electron chi connectivity index (χ4n) is 4.59. The first-order chi connectivity index (χ1) is 19.2. The van der Waals surface area contributed by atoms with Crippen molar-refractivity contribution in [2.45, 2.75) is 0 Å². The molecule has 0 bridgehead atoms. The Bertz CT molecular complexity index is 1720. The molecule has 0 atom stereocenters. The summed E-state index contributed by atoms with van der Waals surface area (Å²) in [5.41, 5.74) is 13.0. The summed E-state index contributed by atoms with van der Waals surface area (Å²) in [6.45, 7) is 0. The molecule has 5 nitrogen and oxygen atoms in total. The highest BCUT2D eigenvalue weighted by molar-refractivity contribution is 6.62. The van der Waals surface area contributed by atoms with Crippen LogP contribution in [0.2, 0.25) is 0 Å². The second-order valence-electron chi connectivity index (χ2n) is 9.15. The third-order valence-electron chi connectivity index (χ3n) is 6.54. The number of hydrogen-bond acceptors (Lipinski definition) is 5. The molecule has 6 rings (SSSR count). The van der Waals surface area contributed by atoms with Crippen molar-refractivity contribution < 1.29 is 0 Å². The molecule has 0 unspecified atom stereocenters. The molecule has 39 heavy (non-hydrogen) atoms. The third kappa shape index (κ3) is 5.33. The summed E-state index contributed by atoms with van der Waals surface area (Å²) in [4.78, 5) is 8.55. The van der Waals surface area contributed by atoms with Crippen molar-refractivity contribution in [3.8, 4) is 22.3 Å². The minimum absolute atomic E-state index is 0.337. The van der Waals surface area contributed by atoms with Gasteiger partial charge in [-0.05, 0) is 76.4 Å². The molecule has 2 heterocycles. The minimum Gasteiger partial charge on any atom is -0.299 e. The lowest BCUT2D eigenvalue weighted by molar-refractivity contribution is 1.33. The van der Waals surface area contributed by atoms with Crippen molar-refractivity contribution in [3.05, 3.63) is 151 Å². The van der Waals surface area contributed by atoms with Gasteiger partial charge in [0.2, 0.25) is 0 Å². The van der Waals surface area contributed by atoms with Crippen molar-refractivity contribution in [1.82, 2.24) is 9.97 Å². The molecule has 0 radical (unpaired) electrons. The van der Waals surface area contributed by atoms with Gasteiger partial charge in [-0.1, -0.05) is 66.7 Å². The number of pyridine rings is 2. The first kappa shape index (κ1) is 23.9. The van der Waals surface area contributed by atoms with E-state index in [4.69, 9.17) is 10.5 Å². The van der Waals surface area contributed by atoms with E-state index in [-0.39, 0.29) is 0 Å². The number of benzene rings is 3. The number of hydrazone groups is 1. The van der Waals surface area contributed by atoms with Gasteiger partial charge in [0.25, 0.3) is 0 Å². The molecule has 5 heteroatoms.